The molecule has 0 heterocycles. The summed E-state index contributed by atoms with van der Waals surface area (Å²) in [4.78, 5) is 12.7. The van der Waals surface area contributed by atoms with Crippen LogP contribution in [0.1, 0.15) is 50.7 Å². The number of hydrogen-bond donors (Lipinski definition) is 2. The van der Waals surface area contributed by atoms with Gasteiger partial charge < -0.3 is 24.8 Å². The van der Waals surface area contributed by atoms with Crippen LogP contribution in [0, 0.1) is 11.8 Å². The van der Waals surface area contributed by atoms with Crippen molar-refractivity contribution in [3.05, 3.63) is 84.4 Å². The molecular formula is C32H46N2O4. The first-order valence-electron chi connectivity index (χ1n) is 14.0. The third-order valence-electron chi connectivity index (χ3n) is 7.70. The lowest BCUT2D eigenvalue weighted by molar-refractivity contribution is 0.0257. The second-order valence-corrected chi connectivity index (χ2v) is 10.4. The zero-order valence-electron chi connectivity index (χ0n) is 23.3. The molecule has 0 aromatic heterocycles. The van der Waals surface area contributed by atoms with E-state index in [-0.39, 0.29) is 30.9 Å². The van der Waals surface area contributed by atoms with Gasteiger partial charge in [0.2, 0.25) is 0 Å². The van der Waals surface area contributed by atoms with Crippen molar-refractivity contribution in [3.8, 4) is 0 Å². The molecule has 0 bridgehead atoms. The van der Waals surface area contributed by atoms with Gasteiger partial charge in [-0.15, -0.1) is 6.58 Å². The second kappa shape index (κ2) is 16.3. The van der Waals surface area contributed by atoms with E-state index < -0.39 is 0 Å². The zero-order chi connectivity index (χ0) is 27.2. The molecule has 1 aliphatic rings. The molecule has 0 aliphatic heterocycles. The van der Waals surface area contributed by atoms with Gasteiger partial charge in [0, 0.05) is 19.2 Å². The number of rotatable bonds is 16. The summed E-state index contributed by atoms with van der Waals surface area (Å²) in [5.74, 6) is 0.956. The highest BCUT2D eigenvalue weighted by molar-refractivity contribution is 5.67. The fraction of sp³-hybridized carbons (Fsp3) is 0.531. The minimum Gasteiger partial charge on any atom is -0.445 e. The van der Waals surface area contributed by atoms with Crippen LogP contribution in [-0.4, -0.2) is 50.6 Å². The summed E-state index contributed by atoms with van der Waals surface area (Å²) >= 11 is 0. The Balaban J connectivity index is 1.60. The Morgan fingerprint density at radius 1 is 1.08 bits per heavy atom. The van der Waals surface area contributed by atoms with Crippen LogP contribution in [-0.2, 0) is 27.2 Å². The Hall–Kier alpha value is -2.67. The number of hydrogen-bond acceptors (Lipinski definition) is 5. The molecule has 3 rings (SSSR count). The molecule has 1 fully saturated rings. The third-order valence-corrected chi connectivity index (χ3v) is 7.70. The summed E-state index contributed by atoms with van der Waals surface area (Å²) in [6.07, 6.45) is 6.46. The largest absolute Gasteiger partial charge is 0.445 e. The number of alkyl carbamates (subject to hydrolysis) is 1. The molecular weight excluding hydrogens is 476 g/mol. The number of amides is 1. The fourth-order valence-electron chi connectivity index (χ4n) is 5.67. The van der Waals surface area contributed by atoms with E-state index in [0.29, 0.717) is 24.5 Å². The average molecular weight is 523 g/mol. The lowest BCUT2D eigenvalue weighted by Crippen LogP contribution is -2.42. The smallest absolute Gasteiger partial charge is 0.407 e. The summed E-state index contributed by atoms with van der Waals surface area (Å²) in [5.41, 5.74) is 2.16. The maximum atomic E-state index is 12.7. The van der Waals surface area contributed by atoms with Crippen molar-refractivity contribution in [2.75, 3.05) is 20.3 Å². The molecule has 0 radical (unpaired) electrons. The Kier molecular flexibility index (Phi) is 12.8. The van der Waals surface area contributed by atoms with E-state index in [1.807, 2.05) is 54.6 Å². The van der Waals surface area contributed by atoms with Crippen molar-refractivity contribution in [1.82, 2.24) is 10.6 Å². The van der Waals surface area contributed by atoms with E-state index in [0.717, 1.165) is 44.2 Å². The van der Waals surface area contributed by atoms with Crippen LogP contribution in [0.4, 0.5) is 4.79 Å². The highest BCUT2D eigenvalue weighted by Gasteiger charge is 2.43. The lowest BCUT2D eigenvalue weighted by Gasteiger charge is -2.29. The van der Waals surface area contributed by atoms with E-state index in [9.17, 15) is 4.79 Å². The van der Waals surface area contributed by atoms with Gasteiger partial charge in [-0.3, -0.25) is 0 Å². The van der Waals surface area contributed by atoms with Gasteiger partial charge in [0.25, 0.3) is 0 Å². The minimum absolute atomic E-state index is 0.0410. The highest BCUT2D eigenvalue weighted by atomic mass is 16.5. The standard InChI is InChI=1S/C32H46N2O4/c1-5-19-37-31-22-30(29(28(31)6-2)20-24(3)36-4)33-18-17-27(21-25-13-9-7-10-14-25)34-32(35)38-23-26-15-11-8-12-16-26/h5,7-16,24,27-31,33H,1,6,17-23H2,2-4H3,(H,34,35)/t24?,27?,28?,29?,30-,31+/m0/s1. The minimum atomic E-state index is -0.383. The van der Waals surface area contributed by atoms with Gasteiger partial charge in [-0.2, -0.15) is 0 Å². The first kappa shape index (κ1) is 29.9. The van der Waals surface area contributed by atoms with Crippen molar-refractivity contribution < 1.29 is 19.0 Å². The monoisotopic (exact) mass is 522 g/mol. The van der Waals surface area contributed by atoms with Crippen LogP contribution in [0.5, 0.6) is 0 Å². The molecule has 208 valence electrons. The zero-order valence-corrected chi connectivity index (χ0v) is 23.3. The van der Waals surface area contributed by atoms with Crippen LogP contribution < -0.4 is 10.6 Å². The molecule has 0 saturated heterocycles. The quantitative estimate of drug-likeness (QED) is 0.268. The van der Waals surface area contributed by atoms with Crippen LogP contribution in [0.15, 0.2) is 73.3 Å². The van der Waals surface area contributed by atoms with Crippen LogP contribution >= 0.6 is 0 Å². The summed E-state index contributed by atoms with van der Waals surface area (Å²) < 4.78 is 17.3. The van der Waals surface area contributed by atoms with E-state index in [1.165, 1.54) is 5.56 Å². The van der Waals surface area contributed by atoms with Crippen molar-refractivity contribution in [3.63, 3.8) is 0 Å². The van der Waals surface area contributed by atoms with Gasteiger partial charge in [-0.25, -0.2) is 4.79 Å². The second-order valence-electron chi connectivity index (χ2n) is 10.4. The number of carbonyl (C=O) groups is 1. The number of methoxy groups -OCH3 is 1. The van der Waals surface area contributed by atoms with E-state index in [1.54, 1.807) is 7.11 Å². The summed E-state index contributed by atoms with van der Waals surface area (Å²) in [6, 6.07) is 20.3. The van der Waals surface area contributed by atoms with Crippen molar-refractivity contribution in [2.45, 2.75) is 76.9 Å². The van der Waals surface area contributed by atoms with Gasteiger partial charge in [-0.1, -0.05) is 80.1 Å². The summed E-state index contributed by atoms with van der Waals surface area (Å²) in [6.45, 7) is 9.85. The predicted octanol–water partition coefficient (Wildman–Crippen LogP) is 5.91. The van der Waals surface area contributed by atoms with Crippen molar-refractivity contribution in [1.29, 1.82) is 0 Å². The molecule has 4 unspecified atom stereocenters. The van der Waals surface area contributed by atoms with Gasteiger partial charge in [0.05, 0.1) is 18.8 Å². The van der Waals surface area contributed by atoms with Crippen LogP contribution in [0.2, 0.25) is 0 Å². The normalized spacial score (nSPS) is 22.5. The molecule has 2 N–H and O–H groups in total. The number of benzene rings is 2. The Morgan fingerprint density at radius 2 is 1.76 bits per heavy atom. The first-order chi connectivity index (χ1) is 18.5. The summed E-state index contributed by atoms with van der Waals surface area (Å²) in [7, 11) is 1.78. The third kappa shape index (κ3) is 9.57. The topological polar surface area (TPSA) is 68.8 Å². The molecule has 6 nitrogen and oxygen atoms in total. The van der Waals surface area contributed by atoms with Crippen molar-refractivity contribution in [2.24, 2.45) is 11.8 Å². The maximum absolute atomic E-state index is 12.7. The fourth-order valence-corrected chi connectivity index (χ4v) is 5.67. The van der Waals surface area contributed by atoms with Gasteiger partial charge >= 0.3 is 6.09 Å². The number of nitrogens with one attached hydrogen (secondary N) is 2. The molecule has 1 saturated carbocycles. The van der Waals surface area contributed by atoms with Crippen molar-refractivity contribution >= 4 is 6.09 Å². The molecule has 6 atom stereocenters. The molecule has 2 aromatic rings. The molecule has 0 spiro atoms. The Labute approximate surface area is 229 Å². The van der Waals surface area contributed by atoms with Crippen LogP contribution in [0.25, 0.3) is 0 Å². The first-order valence-corrected chi connectivity index (χ1v) is 14.0. The van der Waals surface area contributed by atoms with Gasteiger partial charge in [-0.05, 0) is 62.1 Å². The number of carbonyl (C=O) groups excluding carboxylic acids is 1. The van der Waals surface area contributed by atoms with Gasteiger partial charge in [0.1, 0.15) is 6.61 Å². The summed E-state index contributed by atoms with van der Waals surface area (Å²) in [5, 5.41) is 6.94. The molecule has 1 aliphatic carbocycles. The van der Waals surface area contributed by atoms with Gasteiger partial charge in [0.15, 0.2) is 0 Å². The van der Waals surface area contributed by atoms with E-state index >= 15 is 0 Å². The molecule has 1 amide bonds. The van der Waals surface area contributed by atoms with E-state index in [2.05, 4.69) is 43.2 Å². The average Bonchev–Trinajstić information content (AvgIpc) is 3.27. The Bertz CT molecular complexity index is 939. The lowest BCUT2D eigenvalue weighted by atomic mass is 9.86. The highest BCUT2D eigenvalue weighted by Crippen LogP contribution is 2.39. The molecule has 38 heavy (non-hydrogen) atoms. The van der Waals surface area contributed by atoms with Crippen LogP contribution in [0.3, 0.4) is 0 Å². The molecule has 2 aromatic carbocycles. The SMILES string of the molecule is C=CCO[C@@H]1C[C@H](NCCC(Cc2ccccc2)NC(=O)OCc2ccccc2)C(CC(C)OC)C1CC. The molecule has 6 heteroatoms. The maximum Gasteiger partial charge on any atom is 0.407 e. The predicted molar refractivity (Wildman–Crippen MR) is 153 cm³/mol. The number of ether oxygens (including phenoxy) is 3. The van der Waals surface area contributed by atoms with E-state index in [4.69, 9.17) is 14.2 Å². The Morgan fingerprint density at radius 3 is 2.39 bits per heavy atom.